The van der Waals surface area contributed by atoms with Crippen LogP contribution in [-0.4, -0.2) is 20.2 Å². The molecular weight excluding hydrogens is 266 g/mol. The molecule has 0 spiro atoms. The molecule has 1 aromatic rings. The second-order valence-electron chi connectivity index (χ2n) is 4.34. The van der Waals surface area contributed by atoms with Crippen LogP contribution in [0.15, 0.2) is 16.6 Å². The van der Waals surface area contributed by atoms with Crippen LogP contribution in [0.4, 0.5) is 0 Å². The zero-order valence-corrected chi connectivity index (χ0v) is 11.4. The molecule has 1 N–H and O–H groups in total. The lowest BCUT2D eigenvalue weighted by Crippen LogP contribution is -2.27. The minimum atomic E-state index is 0.616. The highest BCUT2D eigenvalue weighted by atomic mass is 79.9. The average molecular weight is 284 g/mol. The van der Waals surface area contributed by atoms with Crippen molar-refractivity contribution in [2.24, 2.45) is 0 Å². The van der Waals surface area contributed by atoms with Gasteiger partial charge in [0.15, 0.2) is 0 Å². The molecule has 1 aliphatic rings. The fourth-order valence-corrected chi connectivity index (χ4v) is 3.08. The highest BCUT2D eigenvalue weighted by Crippen LogP contribution is 2.39. The van der Waals surface area contributed by atoms with Gasteiger partial charge in [-0.1, -0.05) is 22.0 Å². The van der Waals surface area contributed by atoms with E-state index in [-0.39, 0.29) is 0 Å². The minimum Gasteiger partial charge on any atom is -0.496 e. The number of benzene rings is 1. The Kier molecular flexibility index (Phi) is 3.87. The van der Waals surface area contributed by atoms with Gasteiger partial charge in [0.25, 0.3) is 0 Å². The lowest BCUT2D eigenvalue weighted by atomic mass is 9.88. The van der Waals surface area contributed by atoms with E-state index in [9.17, 15) is 0 Å². The normalized spacial score (nSPS) is 17.4. The van der Waals surface area contributed by atoms with Gasteiger partial charge in [-0.25, -0.2) is 0 Å². The molecule has 1 aromatic carbocycles. The first-order valence-electron chi connectivity index (χ1n) is 5.77. The second-order valence-corrected chi connectivity index (χ2v) is 5.19. The van der Waals surface area contributed by atoms with Gasteiger partial charge in [-0.15, -0.1) is 0 Å². The van der Waals surface area contributed by atoms with E-state index in [1.54, 1.807) is 7.11 Å². The molecule has 0 saturated carbocycles. The third-order valence-corrected chi connectivity index (χ3v) is 3.98. The summed E-state index contributed by atoms with van der Waals surface area (Å²) < 4.78 is 6.74. The topological polar surface area (TPSA) is 21.3 Å². The smallest absolute Gasteiger partial charge is 0.126 e. The molecule has 1 fully saturated rings. The van der Waals surface area contributed by atoms with Gasteiger partial charge in [0.2, 0.25) is 0 Å². The van der Waals surface area contributed by atoms with Crippen molar-refractivity contribution >= 4 is 15.9 Å². The summed E-state index contributed by atoms with van der Waals surface area (Å²) in [5, 5.41) is 3.40. The van der Waals surface area contributed by atoms with Crippen LogP contribution in [0.3, 0.4) is 0 Å². The number of hydrogen-bond donors (Lipinski definition) is 1. The molecule has 0 aliphatic carbocycles. The summed E-state index contributed by atoms with van der Waals surface area (Å²) in [6.07, 6.45) is 2.39. The molecule has 0 atom stereocenters. The van der Waals surface area contributed by atoms with Gasteiger partial charge in [-0.05, 0) is 50.4 Å². The lowest BCUT2D eigenvalue weighted by Gasteiger charge is -2.26. The molecule has 1 saturated heterocycles. The van der Waals surface area contributed by atoms with Crippen molar-refractivity contribution in [1.82, 2.24) is 5.32 Å². The molecule has 2 rings (SSSR count). The molecule has 3 heteroatoms. The van der Waals surface area contributed by atoms with Crippen molar-refractivity contribution in [3.8, 4) is 5.75 Å². The third kappa shape index (κ3) is 2.25. The number of piperidine rings is 1. The van der Waals surface area contributed by atoms with E-state index in [4.69, 9.17) is 4.74 Å². The standard InChI is InChI=1S/C13H18BrNO/c1-9-3-4-11(14)12(13(9)16-2)10-5-7-15-8-6-10/h3-4,10,15H,5-8H2,1-2H3. The first kappa shape index (κ1) is 11.9. The van der Waals surface area contributed by atoms with Gasteiger partial charge in [0.05, 0.1) is 7.11 Å². The zero-order chi connectivity index (χ0) is 11.5. The van der Waals surface area contributed by atoms with Crippen LogP contribution in [0.25, 0.3) is 0 Å². The van der Waals surface area contributed by atoms with Crippen LogP contribution in [0.2, 0.25) is 0 Å². The van der Waals surface area contributed by atoms with Gasteiger partial charge in [-0.3, -0.25) is 0 Å². The summed E-state index contributed by atoms with van der Waals surface area (Å²) in [6.45, 7) is 4.32. The average Bonchev–Trinajstić information content (AvgIpc) is 2.33. The summed E-state index contributed by atoms with van der Waals surface area (Å²) in [4.78, 5) is 0. The van der Waals surface area contributed by atoms with Crippen molar-refractivity contribution in [1.29, 1.82) is 0 Å². The number of nitrogens with one attached hydrogen (secondary N) is 1. The number of ether oxygens (including phenoxy) is 1. The predicted octanol–water partition coefficient (Wildman–Crippen LogP) is 3.23. The number of methoxy groups -OCH3 is 1. The van der Waals surface area contributed by atoms with Gasteiger partial charge in [-0.2, -0.15) is 0 Å². The maximum atomic E-state index is 5.56. The maximum absolute atomic E-state index is 5.56. The Morgan fingerprint density at radius 3 is 2.62 bits per heavy atom. The molecule has 88 valence electrons. The monoisotopic (exact) mass is 283 g/mol. The maximum Gasteiger partial charge on any atom is 0.126 e. The zero-order valence-electron chi connectivity index (χ0n) is 9.85. The van der Waals surface area contributed by atoms with E-state index in [1.165, 1.54) is 28.4 Å². The van der Waals surface area contributed by atoms with Crippen LogP contribution in [-0.2, 0) is 0 Å². The van der Waals surface area contributed by atoms with Crippen LogP contribution in [0, 0.1) is 6.92 Å². The third-order valence-electron chi connectivity index (χ3n) is 3.29. The molecule has 0 bridgehead atoms. The SMILES string of the molecule is COc1c(C)ccc(Br)c1C1CCNCC1. The van der Waals surface area contributed by atoms with Crippen molar-refractivity contribution in [2.45, 2.75) is 25.7 Å². The Labute approximate surface area is 106 Å². The van der Waals surface area contributed by atoms with Crippen LogP contribution < -0.4 is 10.1 Å². The fraction of sp³-hybridized carbons (Fsp3) is 0.538. The molecule has 2 nitrogen and oxygen atoms in total. The highest BCUT2D eigenvalue weighted by molar-refractivity contribution is 9.10. The molecule has 0 unspecified atom stereocenters. The number of rotatable bonds is 2. The fourth-order valence-electron chi connectivity index (χ4n) is 2.45. The van der Waals surface area contributed by atoms with Crippen molar-refractivity contribution in [2.75, 3.05) is 20.2 Å². The van der Waals surface area contributed by atoms with Gasteiger partial charge >= 0.3 is 0 Å². The van der Waals surface area contributed by atoms with Crippen LogP contribution >= 0.6 is 15.9 Å². The van der Waals surface area contributed by atoms with Crippen molar-refractivity contribution in [3.05, 3.63) is 27.7 Å². The van der Waals surface area contributed by atoms with Crippen LogP contribution in [0.1, 0.15) is 29.9 Å². The van der Waals surface area contributed by atoms with Crippen molar-refractivity contribution in [3.63, 3.8) is 0 Å². The first-order chi connectivity index (χ1) is 7.74. The van der Waals surface area contributed by atoms with E-state index in [1.807, 2.05) is 0 Å². The molecule has 1 heterocycles. The Bertz CT molecular complexity index is 372. The Hall–Kier alpha value is -0.540. The Balaban J connectivity index is 2.40. The summed E-state index contributed by atoms with van der Waals surface area (Å²) in [6, 6.07) is 4.24. The van der Waals surface area contributed by atoms with Crippen molar-refractivity contribution < 1.29 is 4.74 Å². The largest absolute Gasteiger partial charge is 0.496 e. The number of halogens is 1. The predicted molar refractivity (Wildman–Crippen MR) is 70.3 cm³/mol. The van der Waals surface area contributed by atoms with E-state index in [0.717, 1.165) is 18.8 Å². The molecule has 0 radical (unpaired) electrons. The highest BCUT2D eigenvalue weighted by Gasteiger charge is 2.22. The summed E-state index contributed by atoms with van der Waals surface area (Å²) in [5.41, 5.74) is 2.57. The van der Waals surface area contributed by atoms with Gasteiger partial charge in [0.1, 0.15) is 5.75 Å². The van der Waals surface area contributed by atoms with E-state index < -0.39 is 0 Å². The first-order valence-corrected chi connectivity index (χ1v) is 6.57. The molecule has 0 amide bonds. The second kappa shape index (κ2) is 5.19. The molecule has 0 aromatic heterocycles. The van der Waals surface area contributed by atoms with E-state index in [2.05, 4.69) is 40.3 Å². The van der Waals surface area contributed by atoms with E-state index in [0.29, 0.717) is 5.92 Å². The Morgan fingerprint density at radius 2 is 2.00 bits per heavy atom. The molecule has 16 heavy (non-hydrogen) atoms. The minimum absolute atomic E-state index is 0.616. The lowest BCUT2D eigenvalue weighted by molar-refractivity contribution is 0.388. The quantitative estimate of drug-likeness (QED) is 0.900. The Morgan fingerprint density at radius 1 is 1.31 bits per heavy atom. The summed E-state index contributed by atoms with van der Waals surface area (Å²) in [7, 11) is 1.76. The molecule has 1 aliphatic heterocycles. The van der Waals surface area contributed by atoms with Crippen LogP contribution in [0.5, 0.6) is 5.75 Å². The van der Waals surface area contributed by atoms with Gasteiger partial charge < -0.3 is 10.1 Å². The van der Waals surface area contributed by atoms with Gasteiger partial charge in [0, 0.05) is 10.0 Å². The number of aryl methyl sites for hydroxylation is 1. The van der Waals surface area contributed by atoms with E-state index >= 15 is 0 Å². The number of hydrogen-bond acceptors (Lipinski definition) is 2. The summed E-state index contributed by atoms with van der Waals surface area (Å²) >= 11 is 3.66. The molecular formula is C13H18BrNO. The summed E-state index contributed by atoms with van der Waals surface area (Å²) in [5.74, 6) is 1.67.